The van der Waals surface area contributed by atoms with E-state index < -0.39 is 0 Å². The number of fused-ring (bicyclic) bond motifs is 1. The highest BCUT2D eigenvalue weighted by Gasteiger charge is 2.02. The molecule has 0 atom stereocenters. The predicted octanol–water partition coefficient (Wildman–Crippen LogP) is 1.15. The summed E-state index contributed by atoms with van der Waals surface area (Å²) >= 11 is 0. The van der Waals surface area contributed by atoms with Gasteiger partial charge in [-0.3, -0.25) is 0 Å². The third-order valence-corrected chi connectivity index (χ3v) is 2.79. The van der Waals surface area contributed by atoms with Gasteiger partial charge >= 0.3 is 0 Å². The minimum atomic E-state index is 0.246. The van der Waals surface area contributed by atoms with Crippen LogP contribution in [0, 0.1) is 0 Å². The number of anilines is 1. The summed E-state index contributed by atoms with van der Waals surface area (Å²) in [5.41, 5.74) is 9.81. The number of nitrogens with one attached hydrogen (secondary N) is 1. The molecule has 0 radical (unpaired) electrons. The molecule has 0 unspecified atom stereocenters. The maximum absolute atomic E-state index is 5.58. The summed E-state index contributed by atoms with van der Waals surface area (Å²) in [6.07, 6.45) is 0. The van der Waals surface area contributed by atoms with Gasteiger partial charge in [0, 0.05) is 0 Å². The van der Waals surface area contributed by atoms with E-state index in [1.807, 2.05) is 18.2 Å². The lowest BCUT2D eigenvalue weighted by Crippen LogP contribution is -2.18. The van der Waals surface area contributed by atoms with E-state index in [1.165, 1.54) is 21.1 Å². The third kappa shape index (κ3) is 1.84. The average Bonchev–Trinajstić information content (AvgIpc) is 2.82. The first-order valence-electron chi connectivity index (χ1n) is 5.59. The van der Waals surface area contributed by atoms with Crippen LogP contribution in [-0.4, -0.2) is 20.3 Å². The van der Waals surface area contributed by atoms with Crippen molar-refractivity contribution in [3.05, 3.63) is 48.0 Å². The van der Waals surface area contributed by atoms with E-state index in [1.54, 1.807) is 0 Å². The van der Waals surface area contributed by atoms with Crippen molar-refractivity contribution in [3.63, 3.8) is 0 Å². The Bertz CT molecular complexity index is 670. The molecule has 1 aromatic heterocycles. The number of nitrogens with zero attached hydrogens (tertiary/aromatic N) is 4. The van der Waals surface area contributed by atoms with Crippen LogP contribution < -0.4 is 11.2 Å². The highest BCUT2D eigenvalue weighted by atomic mass is 15.7. The summed E-state index contributed by atoms with van der Waals surface area (Å²) in [5, 5.41) is 13.2. The van der Waals surface area contributed by atoms with Crippen molar-refractivity contribution in [2.75, 3.05) is 11.2 Å². The van der Waals surface area contributed by atoms with Crippen molar-refractivity contribution in [2.45, 2.75) is 6.54 Å². The standard InChI is InChI=1S/C12H12N6/c13-12-15-16-17-18(12)14-8-10-6-3-5-9-4-1-2-7-11(9)10/h1-7,14H,8H2,(H2,13,15,17). The van der Waals surface area contributed by atoms with Crippen molar-refractivity contribution in [2.24, 2.45) is 0 Å². The van der Waals surface area contributed by atoms with E-state index >= 15 is 0 Å². The molecule has 0 aliphatic carbocycles. The highest BCUT2D eigenvalue weighted by Crippen LogP contribution is 2.18. The maximum atomic E-state index is 5.58. The second kappa shape index (κ2) is 4.33. The van der Waals surface area contributed by atoms with Crippen molar-refractivity contribution in [3.8, 4) is 0 Å². The Morgan fingerprint density at radius 3 is 2.78 bits per heavy atom. The Labute approximate surface area is 103 Å². The molecule has 0 saturated carbocycles. The van der Waals surface area contributed by atoms with E-state index in [2.05, 4.69) is 45.2 Å². The van der Waals surface area contributed by atoms with Gasteiger partial charge in [0.15, 0.2) is 0 Å². The largest absolute Gasteiger partial charge is 0.365 e. The van der Waals surface area contributed by atoms with Gasteiger partial charge < -0.3 is 11.2 Å². The zero-order valence-electron chi connectivity index (χ0n) is 9.61. The molecule has 0 aliphatic heterocycles. The van der Waals surface area contributed by atoms with E-state index in [0.29, 0.717) is 6.54 Å². The molecule has 6 nitrogen and oxygen atoms in total. The molecule has 0 amide bonds. The van der Waals surface area contributed by atoms with Crippen LogP contribution in [0.2, 0.25) is 0 Å². The summed E-state index contributed by atoms with van der Waals surface area (Å²) in [6.45, 7) is 0.608. The van der Waals surface area contributed by atoms with Crippen LogP contribution in [0.4, 0.5) is 5.95 Å². The zero-order valence-corrected chi connectivity index (χ0v) is 9.61. The first-order valence-corrected chi connectivity index (χ1v) is 5.59. The molecule has 18 heavy (non-hydrogen) atoms. The Morgan fingerprint density at radius 2 is 1.94 bits per heavy atom. The third-order valence-electron chi connectivity index (χ3n) is 2.79. The molecule has 3 aromatic rings. The fourth-order valence-electron chi connectivity index (χ4n) is 1.91. The second-order valence-electron chi connectivity index (χ2n) is 3.92. The predicted molar refractivity (Wildman–Crippen MR) is 69.2 cm³/mol. The molecular weight excluding hydrogens is 228 g/mol. The van der Waals surface area contributed by atoms with Gasteiger partial charge in [0.05, 0.1) is 6.54 Å². The molecule has 1 heterocycles. The number of hydrogen-bond donors (Lipinski definition) is 2. The van der Waals surface area contributed by atoms with Crippen LogP contribution in [0.15, 0.2) is 42.5 Å². The van der Waals surface area contributed by atoms with Gasteiger partial charge in [0.2, 0.25) is 0 Å². The number of nitrogen functional groups attached to an aromatic ring is 1. The summed E-state index contributed by atoms with van der Waals surface area (Å²) in [6, 6.07) is 14.4. The van der Waals surface area contributed by atoms with Crippen LogP contribution in [0.3, 0.4) is 0 Å². The SMILES string of the molecule is Nc1nnnn1NCc1cccc2ccccc12. The molecule has 0 bridgehead atoms. The lowest BCUT2D eigenvalue weighted by Gasteiger charge is -2.08. The number of benzene rings is 2. The molecule has 0 fully saturated rings. The normalized spacial score (nSPS) is 10.7. The van der Waals surface area contributed by atoms with Gasteiger partial charge in [-0.1, -0.05) is 47.6 Å². The van der Waals surface area contributed by atoms with Crippen LogP contribution in [0.25, 0.3) is 10.8 Å². The first kappa shape index (κ1) is 10.5. The Kier molecular flexibility index (Phi) is 2.53. The van der Waals surface area contributed by atoms with Gasteiger partial charge in [-0.05, 0) is 26.8 Å². The molecule has 0 spiro atoms. The molecule has 3 N–H and O–H groups in total. The lowest BCUT2D eigenvalue weighted by molar-refractivity contribution is 0.694. The molecular formula is C12H12N6. The quantitative estimate of drug-likeness (QED) is 0.717. The van der Waals surface area contributed by atoms with Crippen LogP contribution in [-0.2, 0) is 6.54 Å². The van der Waals surface area contributed by atoms with Crippen molar-refractivity contribution >= 4 is 16.7 Å². The Morgan fingerprint density at radius 1 is 1.11 bits per heavy atom. The Hall–Kier alpha value is -2.63. The molecule has 0 saturated heterocycles. The van der Waals surface area contributed by atoms with Gasteiger partial charge in [-0.15, -0.1) is 4.79 Å². The van der Waals surface area contributed by atoms with E-state index in [0.717, 1.165) is 0 Å². The van der Waals surface area contributed by atoms with Crippen LogP contribution in [0.5, 0.6) is 0 Å². The summed E-state index contributed by atoms with van der Waals surface area (Å²) in [5.74, 6) is 0.246. The number of aromatic nitrogens is 4. The van der Waals surface area contributed by atoms with Crippen molar-refractivity contribution < 1.29 is 0 Å². The lowest BCUT2D eigenvalue weighted by atomic mass is 10.1. The minimum Gasteiger partial charge on any atom is -0.365 e. The smallest absolute Gasteiger partial charge is 0.260 e. The fourth-order valence-corrected chi connectivity index (χ4v) is 1.91. The summed E-state index contributed by atoms with van der Waals surface area (Å²) in [4.78, 5) is 1.36. The fraction of sp³-hybridized carbons (Fsp3) is 0.0833. The maximum Gasteiger partial charge on any atom is 0.260 e. The van der Waals surface area contributed by atoms with Gasteiger partial charge in [0.25, 0.3) is 5.95 Å². The number of nitrogens with two attached hydrogens (primary N) is 1. The monoisotopic (exact) mass is 240 g/mol. The topological polar surface area (TPSA) is 81.7 Å². The van der Waals surface area contributed by atoms with Crippen LogP contribution in [0.1, 0.15) is 5.56 Å². The van der Waals surface area contributed by atoms with Gasteiger partial charge in [0.1, 0.15) is 0 Å². The van der Waals surface area contributed by atoms with Gasteiger partial charge in [-0.25, -0.2) is 0 Å². The second-order valence-corrected chi connectivity index (χ2v) is 3.92. The van der Waals surface area contributed by atoms with Crippen molar-refractivity contribution in [1.29, 1.82) is 0 Å². The number of rotatable bonds is 3. The zero-order chi connectivity index (χ0) is 12.4. The first-order chi connectivity index (χ1) is 8.84. The minimum absolute atomic E-state index is 0.246. The summed E-state index contributed by atoms with van der Waals surface area (Å²) < 4.78 is 0. The molecule has 2 aromatic carbocycles. The molecule has 0 aliphatic rings. The Balaban J connectivity index is 1.89. The highest BCUT2D eigenvalue weighted by molar-refractivity contribution is 5.85. The number of tetrazole rings is 1. The molecule has 3 rings (SSSR count). The van der Waals surface area contributed by atoms with Crippen molar-refractivity contribution in [1.82, 2.24) is 20.3 Å². The van der Waals surface area contributed by atoms with Gasteiger partial charge in [-0.2, -0.15) is 0 Å². The molecule has 90 valence electrons. The number of hydrogen-bond acceptors (Lipinski definition) is 5. The van der Waals surface area contributed by atoms with E-state index in [9.17, 15) is 0 Å². The average molecular weight is 240 g/mol. The van der Waals surface area contributed by atoms with Crippen LogP contribution >= 0.6 is 0 Å². The van der Waals surface area contributed by atoms with E-state index in [-0.39, 0.29) is 5.95 Å². The molecule has 6 heteroatoms. The van der Waals surface area contributed by atoms with E-state index in [4.69, 9.17) is 5.73 Å². The summed E-state index contributed by atoms with van der Waals surface area (Å²) in [7, 11) is 0.